The van der Waals surface area contributed by atoms with E-state index in [1.54, 1.807) is 17.9 Å². The third-order valence-corrected chi connectivity index (χ3v) is 6.17. The van der Waals surface area contributed by atoms with Gasteiger partial charge < -0.3 is 10.1 Å². The first-order valence-corrected chi connectivity index (χ1v) is 11.5. The Morgan fingerprint density at radius 1 is 0.944 bits per heavy atom. The normalized spacial score (nSPS) is 11.2. The number of aromatic nitrogens is 5. The highest BCUT2D eigenvalue weighted by Crippen LogP contribution is 2.28. The van der Waals surface area contributed by atoms with Crippen LogP contribution in [0, 0.1) is 0 Å². The van der Waals surface area contributed by atoms with Crippen molar-refractivity contribution in [2.75, 3.05) is 12.4 Å². The Morgan fingerprint density at radius 2 is 1.72 bits per heavy atom. The van der Waals surface area contributed by atoms with Crippen molar-refractivity contribution in [3.63, 3.8) is 0 Å². The number of methoxy groups -OCH3 is 1. The molecule has 6 rings (SSSR count). The van der Waals surface area contributed by atoms with Crippen molar-refractivity contribution in [2.45, 2.75) is 0 Å². The number of hydrogen-bond acceptors (Lipinski definition) is 6. The van der Waals surface area contributed by atoms with Gasteiger partial charge in [0.1, 0.15) is 5.75 Å². The van der Waals surface area contributed by atoms with E-state index in [1.165, 1.54) is 6.20 Å². The average molecular weight is 495 g/mol. The van der Waals surface area contributed by atoms with Crippen molar-refractivity contribution in [3.8, 4) is 22.6 Å². The second kappa shape index (κ2) is 8.83. The first kappa shape index (κ1) is 21.8. The summed E-state index contributed by atoms with van der Waals surface area (Å²) in [4.78, 5) is 22.9. The van der Waals surface area contributed by atoms with Crippen molar-refractivity contribution >= 4 is 45.2 Å². The highest BCUT2D eigenvalue weighted by molar-refractivity contribution is 6.30. The summed E-state index contributed by atoms with van der Waals surface area (Å²) >= 11 is 6.21. The number of nitrogens with zero attached hydrogens (tertiary/aromatic N) is 4. The molecule has 0 fully saturated rings. The molecule has 0 bridgehead atoms. The minimum Gasteiger partial charge on any atom is -0.497 e. The lowest BCUT2D eigenvalue weighted by atomic mass is 10.0. The maximum Gasteiger partial charge on any atom is 0.267 e. The lowest BCUT2D eigenvalue weighted by molar-refractivity contribution is 0.415. The Kier molecular flexibility index (Phi) is 5.35. The molecule has 36 heavy (non-hydrogen) atoms. The smallest absolute Gasteiger partial charge is 0.267 e. The number of ether oxygens (including phenoxy) is 1. The molecule has 0 saturated heterocycles. The molecule has 0 saturated carbocycles. The molecular weight excluding hydrogens is 476 g/mol. The zero-order chi connectivity index (χ0) is 24.6. The summed E-state index contributed by atoms with van der Waals surface area (Å²) < 4.78 is 6.81. The topological polar surface area (TPSA) is 97.7 Å². The van der Waals surface area contributed by atoms with E-state index in [2.05, 4.69) is 20.5 Å². The average Bonchev–Trinajstić information content (AvgIpc) is 3.40. The van der Waals surface area contributed by atoms with Gasteiger partial charge in [-0.25, -0.2) is 4.98 Å². The number of H-pyrrole nitrogens is 1. The van der Waals surface area contributed by atoms with Gasteiger partial charge in [0.15, 0.2) is 5.65 Å². The predicted molar refractivity (Wildman–Crippen MR) is 142 cm³/mol. The SMILES string of the molecule is COc1ccc(Nc2ncc3c4[nH]ncc4c(=O)n(-c4cccc(-c5cccc(Cl)c5)c4)c3n2)cc1. The number of benzene rings is 3. The van der Waals surface area contributed by atoms with Crippen LogP contribution in [0.25, 0.3) is 38.8 Å². The maximum absolute atomic E-state index is 13.6. The number of rotatable bonds is 5. The molecule has 0 aliphatic carbocycles. The summed E-state index contributed by atoms with van der Waals surface area (Å²) in [6, 6.07) is 22.7. The lowest BCUT2D eigenvalue weighted by Crippen LogP contribution is -2.20. The Bertz CT molecular complexity index is 1790. The lowest BCUT2D eigenvalue weighted by Gasteiger charge is -2.13. The molecule has 0 atom stereocenters. The largest absolute Gasteiger partial charge is 0.497 e. The van der Waals surface area contributed by atoms with E-state index in [9.17, 15) is 4.79 Å². The number of aromatic amines is 1. The van der Waals surface area contributed by atoms with Crippen LogP contribution in [0.1, 0.15) is 0 Å². The van der Waals surface area contributed by atoms with Crippen LogP contribution in [0.2, 0.25) is 5.02 Å². The van der Waals surface area contributed by atoms with Crippen molar-refractivity contribution < 1.29 is 4.74 Å². The van der Waals surface area contributed by atoms with Crippen molar-refractivity contribution in [2.24, 2.45) is 0 Å². The van der Waals surface area contributed by atoms with Gasteiger partial charge in [-0.1, -0.05) is 35.9 Å². The molecule has 3 aromatic heterocycles. The molecule has 2 N–H and O–H groups in total. The van der Waals surface area contributed by atoms with Gasteiger partial charge in [0.05, 0.1) is 35.3 Å². The third-order valence-electron chi connectivity index (χ3n) is 5.93. The number of fused-ring (bicyclic) bond motifs is 3. The third kappa shape index (κ3) is 3.83. The van der Waals surface area contributed by atoms with Crippen LogP contribution in [0.3, 0.4) is 0 Å². The zero-order valence-electron chi connectivity index (χ0n) is 19.1. The second-order valence-corrected chi connectivity index (χ2v) is 8.58. The first-order chi connectivity index (χ1) is 17.6. The molecule has 0 spiro atoms. The maximum atomic E-state index is 13.6. The van der Waals surface area contributed by atoms with E-state index in [1.807, 2.05) is 72.8 Å². The van der Waals surface area contributed by atoms with Crippen molar-refractivity contribution in [3.05, 3.63) is 101 Å². The highest BCUT2D eigenvalue weighted by Gasteiger charge is 2.17. The molecule has 3 heterocycles. The molecule has 0 aliphatic heterocycles. The Labute approximate surface area is 210 Å². The molecule has 8 nitrogen and oxygen atoms in total. The fourth-order valence-corrected chi connectivity index (χ4v) is 4.38. The van der Waals surface area contributed by atoms with Crippen LogP contribution >= 0.6 is 11.6 Å². The molecule has 0 aliphatic rings. The molecule has 3 aromatic carbocycles. The van der Waals surface area contributed by atoms with Gasteiger partial charge >= 0.3 is 0 Å². The number of pyridine rings is 1. The Morgan fingerprint density at radius 3 is 2.50 bits per heavy atom. The Hall–Kier alpha value is -4.69. The van der Waals surface area contributed by atoms with Gasteiger partial charge in [-0.3, -0.25) is 14.5 Å². The van der Waals surface area contributed by atoms with Crippen molar-refractivity contribution in [1.29, 1.82) is 0 Å². The molecule has 0 amide bonds. The highest BCUT2D eigenvalue weighted by atomic mass is 35.5. The van der Waals surface area contributed by atoms with E-state index in [0.29, 0.717) is 38.6 Å². The molecule has 9 heteroatoms. The summed E-state index contributed by atoms with van der Waals surface area (Å²) in [5.41, 5.74) is 4.13. The van der Waals surface area contributed by atoms with Crippen LogP contribution in [0.5, 0.6) is 5.75 Å². The van der Waals surface area contributed by atoms with Crippen molar-refractivity contribution in [1.82, 2.24) is 24.7 Å². The minimum absolute atomic E-state index is 0.233. The Balaban J connectivity index is 1.53. The fourth-order valence-electron chi connectivity index (χ4n) is 4.19. The van der Waals surface area contributed by atoms with Crippen LogP contribution < -0.4 is 15.6 Å². The van der Waals surface area contributed by atoms with Gasteiger partial charge in [-0.2, -0.15) is 10.1 Å². The van der Waals surface area contributed by atoms with Gasteiger partial charge in [-0.05, 0) is 59.7 Å². The quantitative estimate of drug-likeness (QED) is 0.317. The number of nitrogens with one attached hydrogen (secondary N) is 2. The van der Waals surface area contributed by atoms with E-state index < -0.39 is 0 Å². The van der Waals surface area contributed by atoms with Gasteiger partial charge in [-0.15, -0.1) is 0 Å². The van der Waals surface area contributed by atoms with Crippen LogP contribution in [0.4, 0.5) is 11.6 Å². The summed E-state index contributed by atoms with van der Waals surface area (Å²) in [5.74, 6) is 1.10. The molecule has 0 radical (unpaired) electrons. The molecular formula is C27H19ClN6O2. The number of halogens is 1. The van der Waals surface area contributed by atoms with E-state index >= 15 is 0 Å². The van der Waals surface area contributed by atoms with Crippen LogP contribution in [-0.2, 0) is 0 Å². The van der Waals surface area contributed by atoms with E-state index in [4.69, 9.17) is 21.3 Å². The zero-order valence-corrected chi connectivity index (χ0v) is 19.8. The summed E-state index contributed by atoms with van der Waals surface area (Å²) in [6.45, 7) is 0. The second-order valence-electron chi connectivity index (χ2n) is 8.14. The molecule has 176 valence electrons. The summed E-state index contributed by atoms with van der Waals surface area (Å²) in [6.07, 6.45) is 3.21. The van der Waals surface area contributed by atoms with Crippen LogP contribution in [-0.4, -0.2) is 31.8 Å². The van der Waals surface area contributed by atoms with Crippen LogP contribution in [0.15, 0.2) is 90.0 Å². The van der Waals surface area contributed by atoms with E-state index in [-0.39, 0.29) is 5.56 Å². The molecule has 6 aromatic rings. The molecule has 0 unspecified atom stereocenters. The minimum atomic E-state index is -0.233. The fraction of sp³-hybridized carbons (Fsp3) is 0.0370. The van der Waals surface area contributed by atoms with Gasteiger partial charge in [0.25, 0.3) is 5.56 Å². The predicted octanol–water partition coefficient (Wildman–Crippen LogP) is 5.73. The van der Waals surface area contributed by atoms with Gasteiger partial charge in [0, 0.05) is 16.9 Å². The monoisotopic (exact) mass is 494 g/mol. The van der Waals surface area contributed by atoms with E-state index in [0.717, 1.165) is 22.6 Å². The van der Waals surface area contributed by atoms with Gasteiger partial charge in [0.2, 0.25) is 5.95 Å². The number of hydrogen-bond donors (Lipinski definition) is 2. The standard InChI is InChI=1S/C27H19ClN6O2/c1-36-21-10-8-19(9-11-21)31-27-29-14-22-24-23(15-30-33-24)26(35)34(25(22)32-27)20-7-3-5-17(13-20)16-4-2-6-18(28)12-16/h2-15H,1H3,(H,30,33)(H,29,31,32). The summed E-state index contributed by atoms with van der Waals surface area (Å²) in [5, 5.41) is 12.0. The number of anilines is 2. The summed E-state index contributed by atoms with van der Waals surface area (Å²) in [7, 11) is 1.62. The first-order valence-electron chi connectivity index (χ1n) is 11.1.